The molecule has 0 saturated heterocycles. The molecule has 2 aromatic carbocycles. The molecule has 0 spiro atoms. The number of hydrogen-bond acceptors (Lipinski definition) is 6. The number of ether oxygens (including phenoxy) is 4. The highest BCUT2D eigenvalue weighted by atomic mass is 16.6. The van der Waals surface area contributed by atoms with Crippen molar-refractivity contribution in [3.05, 3.63) is 54.2 Å². The largest absolute Gasteiger partial charge is 0.493 e. The molecule has 2 aromatic rings. The summed E-state index contributed by atoms with van der Waals surface area (Å²) < 4.78 is 21.4. The lowest BCUT2D eigenvalue weighted by molar-refractivity contribution is 0.104. The Morgan fingerprint density at radius 3 is 2.52 bits per heavy atom. The predicted octanol–water partition coefficient (Wildman–Crippen LogP) is 3.28. The zero-order valence-corrected chi connectivity index (χ0v) is 14.1. The molecule has 0 amide bonds. The first-order chi connectivity index (χ1) is 12.2. The number of fused-ring (bicyclic) bond motifs is 1. The Bertz CT molecular complexity index is 800. The fraction of sp³-hybridized carbons (Fsp3) is 0.211. The van der Waals surface area contributed by atoms with Crippen LogP contribution in [0.25, 0.3) is 0 Å². The fourth-order valence-electron chi connectivity index (χ4n) is 2.43. The van der Waals surface area contributed by atoms with Crippen molar-refractivity contribution in [2.45, 2.75) is 0 Å². The van der Waals surface area contributed by atoms with Gasteiger partial charge in [-0.1, -0.05) is 0 Å². The molecule has 0 bridgehead atoms. The van der Waals surface area contributed by atoms with Gasteiger partial charge < -0.3 is 24.3 Å². The molecule has 6 heteroatoms. The summed E-state index contributed by atoms with van der Waals surface area (Å²) in [5, 5.41) is 3.05. The molecule has 130 valence electrons. The summed E-state index contributed by atoms with van der Waals surface area (Å²) in [4.78, 5) is 12.3. The summed E-state index contributed by atoms with van der Waals surface area (Å²) in [6, 6.07) is 10.6. The number of nitrogens with one attached hydrogen (secondary N) is 1. The maximum Gasteiger partial charge on any atom is 0.187 e. The fourth-order valence-corrected chi connectivity index (χ4v) is 2.43. The topological polar surface area (TPSA) is 66.0 Å². The second kappa shape index (κ2) is 7.61. The van der Waals surface area contributed by atoms with Gasteiger partial charge in [-0.3, -0.25) is 4.79 Å². The van der Waals surface area contributed by atoms with Crippen LogP contribution in [0.4, 0.5) is 5.69 Å². The minimum absolute atomic E-state index is 0.147. The third-order valence-electron chi connectivity index (χ3n) is 3.69. The van der Waals surface area contributed by atoms with Crippen LogP contribution < -0.4 is 24.3 Å². The van der Waals surface area contributed by atoms with E-state index in [-0.39, 0.29) is 5.78 Å². The summed E-state index contributed by atoms with van der Waals surface area (Å²) in [5.41, 5.74) is 1.32. The van der Waals surface area contributed by atoms with Gasteiger partial charge in [0.2, 0.25) is 0 Å². The molecular weight excluding hydrogens is 322 g/mol. The molecule has 6 nitrogen and oxygen atoms in total. The van der Waals surface area contributed by atoms with E-state index < -0.39 is 0 Å². The van der Waals surface area contributed by atoms with Crippen LogP contribution in [-0.4, -0.2) is 33.2 Å². The Morgan fingerprint density at radius 2 is 1.76 bits per heavy atom. The monoisotopic (exact) mass is 341 g/mol. The van der Waals surface area contributed by atoms with Crippen molar-refractivity contribution >= 4 is 11.5 Å². The third kappa shape index (κ3) is 3.85. The third-order valence-corrected chi connectivity index (χ3v) is 3.69. The number of ketones is 1. The number of allylic oxidation sites excluding steroid dienone is 1. The lowest BCUT2D eigenvalue weighted by atomic mass is 10.1. The number of benzene rings is 2. The lowest BCUT2D eigenvalue weighted by Gasteiger charge is -2.18. The number of carbonyl (C=O) groups is 1. The molecule has 0 saturated carbocycles. The van der Waals surface area contributed by atoms with Crippen LogP contribution in [-0.2, 0) is 0 Å². The van der Waals surface area contributed by atoms with Crippen LogP contribution in [0.1, 0.15) is 10.4 Å². The average molecular weight is 341 g/mol. The second-order valence-corrected chi connectivity index (χ2v) is 5.27. The normalized spacial score (nSPS) is 12.7. The van der Waals surface area contributed by atoms with E-state index in [1.54, 1.807) is 31.5 Å². The van der Waals surface area contributed by atoms with E-state index in [9.17, 15) is 4.79 Å². The van der Waals surface area contributed by atoms with Crippen LogP contribution in [0, 0.1) is 0 Å². The van der Waals surface area contributed by atoms with Gasteiger partial charge in [-0.2, -0.15) is 0 Å². The Hall–Kier alpha value is -3.15. The van der Waals surface area contributed by atoms with Crippen molar-refractivity contribution in [3.8, 4) is 23.0 Å². The zero-order valence-electron chi connectivity index (χ0n) is 14.1. The summed E-state index contributed by atoms with van der Waals surface area (Å²) in [7, 11) is 3.09. The van der Waals surface area contributed by atoms with E-state index in [0.717, 1.165) is 11.4 Å². The van der Waals surface area contributed by atoms with Crippen LogP contribution in [0.5, 0.6) is 23.0 Å². The average Bonchev–Trinajstić information content (AvgIpc) is 2.67. The van der Waals surface area contributed by atoms with Crippen molar-refractivity contribution in [1.82, 2.24) is 0 Å². The molecule has 0 aliphatic carbocycles. The van der Waals surface area contributed by atoms with Gasteiger partial charge in [-0.15, -0.1) is 0 Å². The smallest absolute Gasteiger partial charge is 0.187 e. The lowest BCUT2D eigenvalue weighted by Crippen LogP contribution is -2.15. The molecule has 0 radical (unpaired) electrons. The Kier molecular flexibility index (Phi) is 5.09. The summed E-state index contributed by atoms with van der Waals surface area (Å²) in [6.45, 7) is 1.09. The number of methoxy groups -OCH3 is 2. The van der Waals surface area contributed by atoms with Gasteiger partial charge in [0, 0.05) is 29.6 Å². The minimum atomic E-state index is -0.147. The van der Waals surface area contributed by atoms with E-state index in [1.807, 2.05) is 18.2 Å². The summed E-state index contributed by atoms with van der Waals surface area (Å²) in [6.07, 6.45) is 3.04. The molecule has 0 aromatic heterocycles. The van der Waals surface area contributed by atoms with Gasteiger partial charge in [0.1, 0.15) is 13.2 Å². The first kappa shape index (κ1) is 16.7. The van der Waals surface area contributed by atoms with E-state index >= 15 is 0 Å². The molecule has 1 heterocycles. The van der Waals surface area contributed by atoms with Gasteiger partial charge >= 0.3 is 0 Å². The van der Waals surface area contributed by atoms with Gasteiger partial charge in [0.15, 0.2) is 28.8 Å². The van der Waals surface area contributed by atoms with E-state index in [2.05, 4.69) is 5.32 Å². The van der Waals surface area contributed by atoms with Crippen molar-refractivity contribution in [1.29, 1.82) is 0 Å². The predicted molar refractivity (Wildman–Crippen MR) is 94.1 cm³/mol. The van der Waals surface area contributed by atoms with Gasteiger partial charge in [-0.25, -0.2) is 0 Å². The molecule has 1 N–H and O–H groups in total. The maximum atomic E-state index is 12.3. The Morgan fingerprint density at radius 1 is 1.00 bits per heavy atom. The Labute approximate surface area is 146 Å². The molecular formula is C19H19NO5. The van der Waals surface area contributed by atoms with Crippen molar-refractivity contribution in [2.75, 3.05) is 32.8 Å². The summed E-state index contributed by atoms with van der Waals surface area (Å²) >= 11 is 0. The standard InChI is InChI=1S/C19H19NO5/c1-22-16-5-3-13(11-18(16)23-2)15(21)7-8-20-14-4-6-17-19(12-14)25-10-9-24-17/h3-8,11-12,20H,9-10H2,1-2H3. The molecule has 1 aliphatic heterocycles. The van der Waals surface area contributed by atoms with E-state index in [1.165, 1.54) is 13.2 Å². The van der Waals surface area contributed by atoms with E-state index in [4.69, 9.17) is 18.9 Å². The van der Waals surface area contributed by atoms with Crippen LogP contribution in [0.3, 0.4) is 0 Å². The SMILES string of the molecule is COc1ccc(C(=O)C=CNc2ccc3c(c2)OCCO3)cc1OC. The second-order valence-electron chi connectivity index (χ2n) is 5.27. The Balaban J connectivity index is 1.67. The highest BCUT2D eigenvalue weighted by Gasteiger charge is 2.11. The molecule has 0 fully saturated rings. The number of carbonyl (C=O) groups excluding carboxylic acids is 1. The molecule has 0 atom stereocenters. The molecule has 0 unspecified atom stereocenters. The van der Waals surface area contributed by atoms with Crippen LogP contribution >= 0.6 is 0 Å². The van der Waals surface area contributed by atoms with Crippen LogP contribution in [0.2, 0.25) is 0 Å². The quantitative estimate of drug-likeness (QED) is 0.642. The van der Waals surface area contributed by atoms with E-state index in [0.29, 0.717) is 36.0 Å². The molecule has 25 heavy (non-hydrogen) atoms. The first-order valence-corrected chi connectivity index (χ1v) is 7.80. The zero-order chi connectivity index (χ0) is 17.6. The number of rotatable bonds is 6. The molecule has 3 rings (SSSR count). The van der Waals surface area contributed by atoms with Crippen molar-refractivity contribution in [3.63, 3.8) is 0 Å². The molecule has 1 aliphatic rings. The highest BCUT2D eigenvalue weighted by molar-refractivity contribution is 6.05. The van der Waals surface area contributed by atoms with Gasteiger partial charge in [0.05, 0.1) is 14.2 Å². The highest BCUT2D eigenvalue weighted by Crippen LogP contribution is 2.32. The maximum absolute atomic E-state index is 12.3. The first-order valence-electron chi connectivity index (χ1n) is 7.80. The number of hydrogen-bond donors (Lipinski definition) is 1. The number of anilines is 1. The minimum Gasteiger partial charge on any atom is -0.493 e. The van der Waals surface area contributed by atoms with Crippen molar-refractivity contribution in [2.24, 2.45) is 0 Å². The van der Waals surface area contributed by atoms with Gasteiger partial charge in [-0.05, 0) is 30.3 Å². The summed E-state index contributed by atoms with van der Waals surface area (Å²) in [5.74, 6) is 2.36. The van der Waals surface area contributed by atoms with Gasteiger partial charge in [0.25, 0.3) is 0 Å². The van der Waals surface area contributed by atoms with Crippen molar-refractivity contribution < 1.29 is 23.7 Å². The van der Waals surface area contributed by atoms with Crippen LogP contribution in [0.15, 0.2) is 48.7 Å².